The van der Waals surface area contributed by atoms with Gasteiger partial charge in [0.15, 0.2) is 5.76 Å². The van der Waals surface area contributed by atoms with Crippen LogP contribution in [0.3, 0.4) is 0 Å². The van der Waals surface area contributed by atoms with E-state index in [1.165, 1.54) is 0 Å². The quantitative estimate of drug-likeness (QED) is 0.915. The first kappa shape index (κ1) is 13.3. The van der Waals surface area contributed by atoms with Gasteiger partial charge in [0.1, 0.15) is 11.3 Å². The van der Waals surface area contributed by atoms with E-state index < -0.39 is 5.97 Å². The highest BCUT2D eigenvalue weighted by atomic mass is 16.5. The molecule has 0 saturated heterocycles. The Bertz CT molecular complexity index is 611. The number of aromatic carboxylic acids is 1. The van der Waals surface area contributed by atoms with Gasteiger partial charge in [-0.05, 0) is 12.8 Å². The molecule has 2 rings (SSSR count). The zero-order valence-corrected chi connectivity index (χ0v) is 11.5. The second-order valence-electron chi connectivity index (χ2n) is 5.00. The van der Waals surface area contributed by atoms with Gasteiger partial charge in [-0.1, -0.05) is 19.0 Å². The summed E-state index contributed by atoms with van der Waals surface area (Å²) in [5.41, 5.74) is 2.05. The smallest absolute Gasteiger partial charge is 0.341 e. The number of nitrogens with zero attached hydrogens (tertiary/aromatic N) is 3. The third-order valence-electron chi connectivity index (χ3n) is 3.06. The molecule has 19 heavy (non-hydrogen) atoms. The molecule has 0 aromatic carbocycles. The molecule has 0 unspecified atom stereocenters. The third kappa shape index (κ3) is 2.38. The zero-order chi connectivity index (χ0) is 14.2. The lowest BCUT2D eigenvalue weighted by Crippen LogP contribution is -2.04. The topological polar surface area (TPSA) is 81.2 Å². The molecule has 0 aliphatic rings. The maximum absolute atomic E-state index is 11.4. The first-order valence-corrected chi connectivity index (χ1v) is 6.12. The molecular weight excluding hydrogens is 246 g/mol. The Kier molecular flexibility index (Phi) is 3.42. The minimum Gasteiger partial charge on any atom is -0.477 e. The number of hydrogen-bond donors (Lipinski definition) is 1. The van der Waals surface area contributed by atoms with Crippen molar-refractivity contribution in [3.05, 3.63) is 23.2 Å². The molecule has 0 atom stereocenters. The molecular formula is C13H17N3O3. The van der Waals surface area contributed by atoms with Crippen LogP contribution in [-0.4, -0.2) is 26.0 Å². The van der Waals surface area contributed by atoms with Crippen LogP contribution in [0.4, 0.5) is 0 Å². The number of carbonyl (C=O) groups is 1. The molecule has 0 bridgehead atoms. The molecule has 2 heterocycles. The zero-order valence-electron chi connectivity index (χ0n) is 11.5. The van der Waals surface area contributed by atoms with Gasteiger partial charge in [0.25, 0.3) is 0 Å². The number of hydrogen-bond acceptors (Lipinski definition) is 4. The lowest BCUT2D eigenvalue weighted by molar-refractivity contribution is 0.0695. The van der Waals surface area contributed by atoms with Crippen LogP contribution >= 0.6 is 0 Å². The molecule has 0 aliphatic heterocycles. The van der Waals surface area contributed by atoms with Gasteiger partial charge in [0.2, 0.25) is 0 Å². The van der Waals surface area contributed by atoms with Crippen molar-refractivity contribution in [3.8, 4) is 11.3 Å². The number of carboxylic acid groups (broad SMARTS) is 1. The highest BCUT2D eigenvalue weighted by molar-refractivity contribution is 5.96. The van der Waals surface area contributed by atoms with Crippen LogP contribution in [0.1, 0.15) is 35.7 Å². The standard InChI is InChI=1S/C13H17N3O3/c1-7(2)5-10-11(13(17)18)12(15-19-10)9-6-14-16(4)8(9)3/h6-7H,5H2,1-4H3,(H,17,18). The molecule has 2 aromatic heterocycles. The Morgan fingerprint density at radius 1 is 1.53 bits per heavy atom. The van der Waals surface area contributed by atoms with E-state index in [2.05, 4.69) is 10.3 Å². The summed E-state index contributed by atoms with van der Waals surface area (Å²) in [5, 5.41) is 17.4. The van der Waals surface area contributed by atoms with Crippen molar-refractivity contribution < 1.29 is 14.4 Å². The lowest BCUT2D eigenvalue weighted by atomic mass is 10.0. The SMILES string of the molecule is Cc1c(-c2noc(CC(C)C)c2C(=O)O)cnn1C. The number of rotatable bonds is 4. The summed E-state index contributed by atoms with van der Waals surface area (Å²) in [5.74, 6) is -0.301. The lowest BCUT2D eigenvalue weighted by Gasteiger charge is -2.02. The van der Waals surface area contributed by atoms with E-state index in [-0.39, 0.29) is 5.56 Å². The monoisotopic (exact) mass is 263 g/mol. The van der Waals surface area contributed by atoms with Crippen molar-refractivity contribution in [2.75, 3.05) is 0 Å². The van der Waals surface area contributed by atoms with Gasteiger partial charge >= 0.3 is 5.97 Å². The highest BCUT2D eigenvalue weighted by Crippen LogP contribution is 2.29. The van der Waals surface area contributed by atoms with Crippen LogP contribution in [0.15, 0.2) is 10.7 Å². The van der Waals surface area contributed by atoms with E-state index in [4.69, 9.17) is 4.52 Å². The Morgan fingerprint density at radius 2 is 2.21 bits per heavy atom. The summed E-state index contributed by atoms with van der Waals surface area (Å²) in [4.78, 5) is 11.4. The van der Waals surface area contributed by atoms with Crippen LogP contribution < -0.4 is 0 Å². The van der Waals surface area contributed by atoms with Crippen molar-refractivity contribution >= 4 is 5.97 Å². The van der Waals surface area contributed by atoms with Gasteiger partial charge in [0, 0.05) is 24.7 Å². The molecule has 0 fully saturated rings. The molecule has 6 heteroatoms. The van der Waals surface area contributed by atoms with Crippen molar-refractivity contribution in [2.45, 2.75) is 27.2 Å². The number of aryl methyl sites for hydroxylation is 1. The van der Waals surface area contributed by atoms with E-state index >= 15 is 0 Å². The summed E-state index contributed by atoms with van der Waals surface area (Å²) in [7, 11) is 1.80. The van der Waals surface area contributed by atoms with Crippen molar-refractivity contribution in [1.29, 1.82) is 0 Å². The minimum atomic E-state index is -1.02. The van der Waals surface area contributed by atoms with Crippen LogP contribution in [-0.2, 0) is 13.5 Å². The van der Waals surface area contributed by atoms with Crippen LogP contribution in [0, 0.1) is 12.8 Å². The summed E-state index contributed by atoms with van der Waals surface area (Å²) in [6.45, 7) is 5.87. The molecule has 0 radical (unpaired) electrons. The van der Waals surface area contributed by atoms with Gasteiger partial charge in [-0.15, -0.1) is 0 Å². The fraction of sp³-hybridized carbons (Fsp3) is 0.462. The normalized spacial score (nSPS) is 11.2. The molecule has 1 N–H and O–H groups in total. The summed E-state index contributed by atoms with van der Waals surface area (Å²) < 4.78 is 6.90. The molecule has 0 amide bonds. The number of carboxylic acids is 1. The first-order chi connectivity index (χ1) is 8.91. The van der Waals surface area contributed by atoms with Gasteiger partial charge < -0.3 is 9.63 Å². The first-order valence-electron chi connectivity index (χ1n) is 6.12. The fourth-order valence-corrected chi connectivity index (χ4v) is 1.97. The van der Waals surface area contributed by atoms with Gasteiger partial charge in [-0.25, -0.2) is 4.79 Å². The average molecular weight is 263 g/mol. The Labute approximate surface area is 111 Å². The average Bonchev–Trinajstić information content (AvgIpc) is 2.84. The third-order valence-corrected chi connectivity index (χ3v) is 3.06. The van der Waals surface area contributed by atoms with Gasteiger partial charge in [-0.3, -0.25) is 4.68 Å². The fourth-order valence-electron chi connectivity index (χ4n) is 1.97. The molecule has 2 aromatic rings. The minimum absolute atomic E-state index is 0.143. The van der Waals surface area contributed by atoms with E-state index in [0.29, 0.717) is 29.4 Å². The van der Waals surface area contributed by atoms with Crippen LogP contribution in [0.2, 0.25) is 0 Å². The Hall–Kier alpha value is -2.11. The molecule has 102 valence electrons. The number of aromatic nitrogens is 3. The largest absolute Gasteiger partial charge is 0.477 e. The van der Waals surface area contributed by atoms with E-state index in [1.54, 1.807) is 17.9 Å². The molecule has 0 spiro atoms. The predicted molar refractivity (Wildman–Crippen MR) is 68.9 cm³/mol. The molecule has 6 nitrogen and oxygen atoms in total. The summed E-state index contributed by atoms with van der Waals surface area (Å²) in [6, 6.07) is 0. The van der Waals surface area contributed by atoms with Crippen molar-refractivity contribution in [1.82, 2.24) is 14.9 Å². The van der Waals surface area contributed by atoms with Gasteiger partial charge in [0.05, 0.1) is 6.20 Å². The molecule has 0 saturated carbocycles. The maximum atomic E-state index is 11.4. The second kappa shape index (κ2) is 4.87. The van der Waals surface area contributed by atoms with E-state index in [1.807, 2.05) is 20.8 Å². The van der Waals surface area contributed by atoms with Crippen LogP contribution in [0.25, 0.3) is 11.3 Å². The Balaban J connectivity index is 2.55. The second-order valence-corrected chi connectivity index (χ2v) is 5.00. The van der Waals surface area contributed by atoms with Crippen molar-refractivity contribution in [3.63, 3.8) is 0 Å². The maximum Gasteiger partial charge on any atom is 0.341 e. The van der Waals surface area contributed by atoms with Crippen LogP contribution in [0.5, 0.6) is 0 Å². The van der Waals surface area contributed by atoms with E-state index in [0.717, 1.165) is 5.69 Å². The summed E-state index contributed by atoms with van der Waals surface area (Å²) >= 11 is 0. The van der Waals surface area contributed by atoms with E-state index in [9.17, 15) is 9.90 Å². The molecule has 0 aliphatic carbocycles. The van der Waals surface area contributed by atoms with Crippen molar-refractivity contribution in [2.24, 2.45) is 13.0 Å². The highest BCUT2D eigenvalue weighted by Gasteiger charge is 2.25. The Morgan fingerprint density at radius 3 is 2.68 bits per heavy atom. The van der Waals surface area contributed by atoms with Gasteiger partial charge in [-0.2, -0.15) is 5.10 Å². The predicted octanol–water partition coefficient (Wildman–Crippen LogP) is 2.28. The summed E-state index contributed by atoms with van der Waals surface area (Å²) in [6.07, 6.45) is 2.16.